The molecule has 0 spiro atoms. The van der Waals surface area contributed by atoms with Gasteiger partial charge in [0.2, 0.25) is 5.91 Å². The number of carbonyl (C=O) groups excluding carboxylic acids is 1. The molecular formula is C27H28N4O2S. The van der Waals surface area contributed by atoms with Gasteiger partial charge in [0.05, 0.1) is 12.3 Å². The standard InChI is InChI=1S/C27H28N4O2S/c1-19-8-7-11-23(15-19)33-17-25-29-30-27(31(25)16-22-9-5-4-6-10-22)34-18-26(32)28-24-13-12-20(2)14-21(24)3/h4-15H,16-18H2,1-3H3,(H,28,32). The maximum Gasteiger partial charge on any atom is 0.234 e. The molecule has 1 heterocycles. The minimum absolute atomic E-state index is 0.0798. The number of carbonyl (C=O) groups is 1. The molecule has 1 N–H and O–H groups in total. The lowest BCUT2D eigenvalue weighted by molar-refractivity contribution is -0.113. The van der Waals surface area contributed by atoms with Gasteiger partial charge in [-0.05, 0) is 55.7 Å². The van der Waals surface area contributed by atoms with E-state index in [1.54, 1.807) is 0 Å². The number of hydrogen-bond donors (Lipinski definition) is 1. The average Bonchev–Trinajstić information content (AvgIpc) is 3.20. The Bertz CT molecular complexity index is 1270. The van der Waals surface area contributed by atoms with Crippen molar-refractivity contribution < 1.29 is 9.53 Å². The lowest BCUT2D eigenvalue weighted by Gasteiger charge is -2.12. The number of thioether (sulfide) groups is 1. The Morgan fingerprint density at radius 3 is 2.50 bits per heavy atom. The van der Waals surface area contributed by atoms with E-state index in [0.29, 0.717) is 24.1 Å². The quantitative estimate of drug-likeness (QED) is 0.323. The number of aromatic nitrogens is 3. The molecule has 0 aliphatic rings. The number of hydrogen-bond acceptors (Lipinski definition) is 5. The predicted octanol–water partition coefficient (Wildman–Crippen LogP) is 5.56. The van der Waals surface area contributed by atoms with Gasteiger partial charge in [-0.2, -0.15) is 0 Å². The van der Waals surface area contributed by atoms with Crippen molar-refractivity contribution in [3.63, 3.8) is 0 Å². The molecule has 1 amide bonds. The van der Waals surface area contributed by atoms with Crippen LogP contribution >= 0.6 is 11.8 Å². The van der Waals surface area contributed by atoms with Gasteiger partial charge in [-0.25, -0.2) is 0 Å². The molecule has 6 nitrogen and oxygen atoms in total. The summed E-state index contributed by atoms with van der Waals surface area (Å²) < 4.78 is 7.99. The van der Waals surface area contributed by atoms with Crippen LogP contribution in [0.15, 0.2) is 78.0 Å². The minimum Gasteiger partial charge on any atom is -0.486 e. The molecule has 0 saturated heterocycles. The number of amides is 1. The largest absolute Gasteiger partial charge is 0.486 e. The van der Waals surface area contributed by atoms with Crippen LogP contribution in [0.1, 0.15) is 28.1 Å². The Labute approximate surface area is 204 Å². The van der Waals surface area contributed by atoms with Gasteiger partial charge in [-0.3, -0.25) is 9.36 Å². The van der Waals surface area contributed by atoms with Gasteiger partial charge < -0.3 is 10.1 Å². The molecule has 0 radical (unpaired) electrons. The molecule has 0 fully saturated rings. The highest BCUT2D eigenvalue weighted by Crippen LogP contribution is 2.22. The Hall–Kier alpha value is -3.58. The summed E-state index contributed by atoms with van der Waals surface area (Å²) in [5.74, 6) is 1.65. The Kier molecular flexibility index (Phi) is 7.65. The van der Waals surface area contributed by atoms with Crippen LogP contribution in [0.5, 0.6) is 5.75 Å². The van der Waals surface area contributed by atoms with Gasteiger partial charge in [0.1, 0.15) is 12.4 Å². The number of nitrogens with zero attached hydrogens (tertiary/aromatic N) is 3. The summed E-state index contributed by atoms with van der Waals surface area (Å²) in [6.07, 6.45) is 0. The molecule has 0 bridgehead atoms. The highest BCUT2D eigenvalue weighted by atomic mass is 32.2. The molecule has 0 saturated carbocycles. The maximum absolute atomic E-state index is 12.6. The van der Waals surface area contributed by atoms with E-state index in [-0.39, 0.29) is 11.7 Å². The van der Waals surface area contributed by atoms with Crippen molar-refractivity contribution in [1.82, 2.24) is 14.8 Å². The first-order valence-electron chi connectivity index (χ1n) is 11.1. The lowest BCUT2D eigenvalue weighted by Crippen LogP contribution is -2.16. The normalized spacial score (nSPS) is 10.8. The minimum atomic E-state index is -0.0798. The van der Waals surface area contributed by atoms with Crippen LogP contribution in [0.2, 0.25) is 0 Å². The SMILES string of the molecule is Cc1cccc(OCc2nnc(SCC(=O)Nc3ccc(C)cc3C)n2Cc2ccccc2)c1. The summed E-state index contributed by atoms with van der Waals surface area (Å²) in [6.45, 7) is 6.95. The summed E-state index contributed by atoms with van der Waals surface area (Å²) in [4.78, 5) is 12.6. The summed E-state index contributed by atoms with van der Waals surface area (Å²) in [5, 5.41) is 12.4. The van der Waals surface area contributed by atoms with Gasteiger partial charge in [0, 0.05) is 5.69 Å². The van der Waals surface area contributed by atoms with Crippen molar-refractivity contribution >= 4 is 23.4 Å². The summed E-state index contributed by atoms with van der Waals surface area (Å²) in [7, 11) is 0. The van der Waals surface area contributed by atoms with Gasteiger partial charge in [-0.15, -0.1) is 10.2 Å². The monoisotopic (exact) mass is 472 g/mol. The van der Waals surface area contributed by atoms with Crippen LogP contribution < -0.4 is 10.1 Å². The average molecular weight is 473 g/mol. The van der Waals surface area contributed by atoms with E-state index in [1.807, 2.05) is 79.9 Å². The zero-order chi connectivity index (χ0) is 23.9. The Morgan fingerprint density at radius 1 is 0.941 bits per heavy atom. The van der Waals surface area contributed by atoms with Gasteiger partial charge >= 0.3 is 0 Å². The van der Waals surface area contributed by atoms with E-state index in [1.165, 1.54) is 17.3 Å². The topological polar surface area (TPSA) is 69.0 Å². The van der Waals surface area contributed by atoms with Crippen LogP contribution in [0.25, 0.3) is 0 Å². The van der Waals surface area contributed by atoms with Crippen LogP contribution in [-0.2, 0) is 17.9 Å². The molecule has 3 aromatic carbocycles. The van der Waals surface area contributed by atoms with Gasteiger partial charge in [0.15, 0.2) is 11.0 Å². The molecule has 0 atom stereocenters. The van der Waals surface area contributed by atoms with Crippen molar-refractivity contribution in [2.75, 3.05) is 11.1 Å². The summed E-state index contributed by atoms with van der Waals surface area (Å²) >= 11 is 1.37. The zero-order valence-electron chi connectivity index (χ0n) is 19.6. The van der Waals surface area contributed by atoms with Crippen molar-refractivity contribution in [2.24, 2.45) is 0 Å². The van der Waals surface area contributed by atoms with Crippen LogP contribution in [0, 0.1) is 20.8 Å². The van der Waals surface area contributed by atoms with Crippen molar-refractivity contribution in [3.05, 3.63) is 101 Å². The molecule has 1 aromatic heterocycles. The third-order valence-corrected chi connectivity index (χ3v) is 6.29. The first-order valence-corrected chi connectivity index (χ1v) is 12.1. The molecule has 34 heavy (non-hydrogen) atoms. The second-order valence-corrected chi connectivity index (χ2v) is 9.17. The Morgan fingerprint density at radius 2 is 1.74 bits per heavy atom. The van der Waals surface area contributed by atoms with E-state index >= 15 is 0 Å². The molecule has 0 aliphatic heterocycles. The third-order valence-electron chi connectivity index (χ3n) is 5.32. The number of benzene rings is 3. The molecular weight excluding hydrogens is 444 g/mol. The lowest BCUT2D eigenvalue weighted by atomic mass is 10.1. The number of ether oxygens (including phenoxy) is 1. The van der Waals surface area contributed by atoms with Crippen LogP contribution in [0.4, 0.5) is 5.69 Å². The molecule has 4 aromatic rings. The first kappa shape index (κ1) is 23.6. The van der Waals surface area contributed by atoms with Crippen LogP contribution in [0.3, 0.4) is 0 Å². The zero-order valence-corrected chi connectivity index (χ0v) is 20.4. The molecule has 4 rings (SSSR count). The number of aryl methyl sites for hydroxylation is 3. The fourth-order valence-electron chi connectivity index (χ4n) is 3.58. The van der Waals surface area contributed by atoms with E-state index in [2.05, 4.69) is 33.7 Å². The molecule has 0 aliphatic carbocycles. The number of nitrogens with one attached hydrogen (secondary N) is 1. The molecule has 174 valence electrons. The van der Waals surface area contributed by atoms with E-state index in [9.17, 15) is 4.79 Å². The number of rotatable bonds is 9. The first-order chi connectivity index (χ1) is 16.5. The van der Waals surface area contributed by atoms with Crippen molar-refractivity contribution in [2.45, 2.75) is 39.1 Å². The highest BCUT2D eigenvalue weighted by Gasteiger charge is 2.16. The molecule has 0 unspecified atom stereocenters. The van der Waals surface area contributed by atoms with Crippen molar-refractivity contribution in [3.8, 4) is 5.75 Å². The van der Waals surface area contributed by atoms with Gasteiger partial charge in [-0.1, -0.05) is 71.9 Å². The van der Waals surface area contributed by atoms with E-state index < -0.39 is 0 Å². The molecule has 7 heteroatoms. The second-order valence-electron chi connectivity index (χ2n) is 8.23. The predicted molar refractivity (Wildman–Crippen MR) is 136 cm³/mol. The summed E-state index contributed by atoms with van der Waals surface area (Å²) in [5.41, 5.74) is 5.30. The maximum atomic E-state index is 12.6. The second kappa shape index (κ2) is 11.0. The highest BCUT2D eigenvalue weighted by molar-refractivity contribution is 7.99. The summed E-state index contributed by atoms with van der Waals surface area (Å²) in [6, 6.07) is 24.0. The van der Waals surface area contributed by atoms with Crippen molar-refractivity contribution in [1.29, 1.82) is 0 Å². The van der Waals surface area contributed by atoms with Gasteiger partial charge in [0.25, 0.3) is 0 Å². The van der Waals surface area contributed by atoms with Crippen LogP contribution in [-0.4, -0.2) is 26.4 Å². The third kappa shape index (κ3) is 6.26. The fourth-order valence-corrected chi connectivity index (χ4v) is 4.34. The van der Waals surface area contributed by atoms with E-state index in [0.717, 1.165) is 28.1 Å². The number of anilines is 1. The Balaban J connectivity index is 1.47. The smallest absolute Gasteiger partial charge is 0.234 e. The van der Waals surface area contributed by atoms with E-state index in [4.69, 9.17) is 4.74 Å². The fraction of sp³-hybridized carbons (Fsp3) is 0.222.